The van der Waals surface area contributed by atoms with Gasteiger partial charge in [0.05, 0.1) is 24.3 Å². The van der Waals surface area contributed by atoms with Gasteiger partial charge in [0.15, 0.2) is 11.6 Å². The number of halogens is 1. The van der Waals surface area contributed by atoms with Crippen LogP contribution in [0.15, 0.2) is 33.3 Å². The molecule has 0 unspecified atom stereocenters. The monoisotopic (exact) mass is 338 g/mol. The number of ether oxygens (including phenoxy) is 2. The summed E-state index contributed by atoms with van der Waals surface area (Å²) in [6, 6.07) is 7.44. The van der Waals surface area contributed by atoms with Crippen molar-refractivity contribution in [1.29, 1.82) is 0 Å². The molecule has 0 radical (unpaired) electrons. The summed E-state index contributed by atoms with van der Waals surface area (Å²) in [5.41, 5.74) is 6.57. The van der Waals surface area contributed by atoms with Crippen molar-refractivity contribution in [1.82, 2.24) is 5.16 Å². The van der Waals surface area contributed by atoms with Crippen molar-refractivity contribution in [2.75, 3.05) is 25.6 Å². The van der Waals surface area contributed by atoms with Crippen molar-refractivity contribution >= 4 is 21.7 Å². The minimum Gasteiger partial charge on any atom is -0.492 e. The van der Waals surface area contributed by atoms with E-state index in [1.807, 2.05) is 18.2 Å². The molecule has 2 N–H and O–H groups in total. The van der Waals surface area contributed by atoms with Crippen LogP contribution < -0.4 is 10.5 Å². The van der Waals surface area contributed by atoms with Crippen molar-refractivity contribution in [2.45, 2.75) is 6.92 Å². The van der Waals surface area contributed by atoms with Crippen LogP contribution in [0, 0.1) is 5.41 Å². The van der Waals surface area contributed by atoms with E-state index < -0.39 is 0 Å². The van der Waals surface area contributed by atoms with Gasteiger partial charge in [-0.1, -0.05) is 12.1 Å². The fourth-order valence-corrected chi connectivity index (χ4v) is 2.48. The number of hydrogen-bond donors (Lipinski definition) is 1. The molecule has 2 aromatic rings. The predicted molar refractivity (Wildman–Crippen MR) is 78.5 cm³/mol. The van der Waals surface area contributed by atoms with Crippen LogP contribution in [0.4, 0.5) is 5.82 Å². The smallest absolute Gasteiger partial charge is 0.169 e. The summed E-state index contributed by atoms with van der Waals surface area (Å²) >= 11 is 3.51. The first-order valence-corrected chi connectivity index (χ1v) is 7.08. The highest BCUT2D eigenvalue weighted by Gasteiger charge is 2.34. The number of rotatable bonds is 4. The zero-order chi connectivity index (χ0) is 14.2. The summed E-state index contributed by atoms with van der Waals surface area (Å²) in [6.07, 6.45) is 0. The average Bonchev–Trinajstić information content (AvgIpc) is 2.82. The molecule has 1 aliphatic heterocycles. The summed E-state index contributed by atoms with van der Waals surface area (Å²) in [5, 5.41) is 3.67. The Labute approximate surface area is 125 Å². The zero-order valence-electron chi connectivity index (χ0n) is 11.1. The lowest BCUT2D eigenvalue weighted by molar-refractivity contribution is -0.120. The molecular formula is C14H15BrN2O3. The molecule has 1 aromatic carbocycles. The summed E-state index contributed by atoms with van der Waals surface area (Å²) < 4.78 is 17.1. The van der Waals surface area contributed by atoms with Gasteiger partial charge in [-0.3, -0.25) is 0 Å². The second kappa shape index (κ2) is 5.10. The van der Waals surface area contributed by atoms with Crippen molar-refractivity contribution in [2.24, 2.45) is 5.41 Å². The van der Waals surface area contributed by atoms with E-state index in [0.717, 1.165) is 29.0 Å². The molecule has 5 nitrogen and oxygen atoms in total. The third-order valence-corrected chi connectivity index (χ3v) is 3.84. The molecule has 1 aromatic heterocycles. The van der Waals surface area contributed by atoms with Gasteiger partial charge in [0.1, 0.15) is 5.75 Å². The minimum atomic E-state index is 0.123. The van der Waals surface area contributed by atoms with Gasteiger partial charge in [-0.2, -0.15) is 0 Å². The molecule has 0 amide bonds. The van der Waals surface area contributed by atoms with Gasteiger partial charge in [-0.05, 0) is 34.1 Å². The van der Waals surface area contributed by atoms with Crippen LogP contribution in [0.3, 0.4) is 0 Å². The fraction of sp³-hybridized carbons (Fsp3) is 0.357. The first-order chi connectivity index (χ1) is 9.56. The Morgan fingerprint density at radius 3 is 2.75 bits per heavy atom. The number of anilines is 1. The SMILES string of the molecule is CC1(COc2ccc(-c3cc(N)no3)cc2Br)COC1. The molecule has 1 fully saturated rings. The Bertz CT molecular complexity index is 623. The molecule has 20 heavy (non-hydrogen) atoms. The predicted octanol–water partition coefficient (Wildman–Crippen LogP) is 3.10. The molecule has 0 spiro atoms. The molecule has 6 heteroatoms. The molecule has 0 atom stereocenters. The molecule has 2 heterocycles. The Morgan fingerprint density at radius 2 is 2.20 bits per heavy atom. The van der Waals surface area contributed by atoms with Crippen LogP contribution in [0.1, 0.15) is 6.92 Å². The molecule has 0 bridgehead atoms. The third kappa shape index (κ3) is 2.66. The second-order valence-corrected chi connectivity index (χ2v) is 6.21. The van der Waals surface area contributed by atoms with Gasteiger partial charge in [-0.15, -0.1) is 0 Å². The van der Waals surface area contributed by atoms with E-state index in [1.54, 1.807) is 6.07 Å². The summed E-state index contributed by atoms with van der Waals surface area (Å²) in [7, 11) is 0. The average molecular weight is 339 g/mol. The topological polar surface area (TPSA) is 70.5 Å². The van der Waals surface area contributed by atoms with Crippen molar-refractivity contribution < 1.29 is 14.0 Å². The maximum Gasteiger partial charge on any atom is 0.169 e. The molecule has 3 rings (SSSR count). The quantitative estimate of drug-likeness (QED) is 0.927. The first-order valence-electron chi connectivity index (χ1n) is 6.28. The molecule has 1 saturated heterocycles. The lowest BCUT2D eigenvalue weighted by Gasteiger charge is -2.37. The third-order valence-electron chi connectivity index (χ3n) is 3.22. The Kier molecular flexibility index (Phi) is 3.43. The van der Waals surface area contributed by atoms with E-state index in [2.05, 4.69) is 28.0 Å². The normalized spacial score (nSPS) is 16.7. The van der Waals surface area contributed by atoms with Crippen molar-refractivity contribution in [3.63, 3.8) is 0 Å². The number of nitrogen functional groups attached to an aromatic ring is 1. The highest BCUT2D eigenvalue weighted by molar-refractivity contribution is 9.10. The van der Waals surface area contributed by atoms with Crippen LogP contribution in [0.5, 0.6) is 5.75 Å². The Morgan fingerprint density at radius 1 is 1.40 bits per heavy atom. The van der Waals surface area contributed by atoms with Gasteiger partial charge >= 0.3 is 0 Å². The van der Waals surface area contributed by atoms with Gasteiger partial charge in [0.25, 0.3) is 0 Å². The van der Waals surface area contributed by atoms with Crippen molar-refractivity contribution in [3.8, 4) is 17.1 Å². The van der Waals surface area contributed by atoms with Crippen molar-refractivity contribution in [3.05, 3.63) is 28.7 Å². The fourth-order valence-electron chi connectivity index (χ4n) is 1.98. The molecule has 0 saturated carbocycles. The Balaban J connectivity index is 1.74. The first kappa shape index (κ1) is 13.5. The van der Waals surface area contributed by atoms with E-state index in [-0.39, 0.29) is 5.41 Å². The van der Waals surface area contributed by atoms with Crippen LogP contribution in [-0.4, -0.2) is 25.0 Å². The van der Waals surface area contributed by atoms with Gasteiger partial charge in [-0.25, -0.2) is 0 Å². The van der Waals surface area contributed by atoms with Gasteiger partial charge in [0, 0.05) is 17.0 Å². The summed E-state index contributed by atoms with van der Waals surface area (Å²) in [6.45, 7) is 4.29. The molecule has 1 aliphatic rings. The number of nitrogens with two attached hydrogens (primary N) is 1. The molecule has 106 valence electrons. The zero-order valence-corrected chi connectivity index (χ0v) is 12.6. The number of aromatic nitrogens is 1. The standard InChI is InChI=1S/C14H15BrN2O3/c1-14(6-18-7-14)8-19-11-3-2-9(4-10(11)15)12-5-13(16)17-20-12/h2-5H,6-8H2,1H3,(H2,16,17). The number of hydrogen-bond acceptors (Lipinski definition) is 5. The van der Waals surface area contributed by atoms with E-state index in [4.69, 9.17) is 19.7 Å². The maximum atomic E-state index is 5.84. The van der Waals surface area contributed by atoms with E-state index in [0.29, 0.717) is 18.2 Å². The van der Waals surface area contributed by atoms with Crippen LogP contribution in [0.2, 0.25) is 0 Å². The van der Waals surface area contributed by atoms with Gasteiger partial charge < -0.3 is 19.7 Å². The molecule has 0 aliphatic carbocycles. The summed E-state index contributed by atoms with van der Waals surface area (Å²) in [5.74, 6) is 1.80. The van der Waals surface area contributed by atoms with E-state index in [1.165, 1.54) is 0 Å². The maximum absolute atomic E-state index is 5.84. The largest absolute Gasteiger partial charge is 0.492 e. The lowest BCUT2D eigenvalue weighted by Crippen LogP contribution is -2.44. The summed E-state index contributed by atoms with van der Waals surface area (Å²) in [4.78, 5) is 0. The molecular weight excluding hydrogens is 324 g/mol. The Hall–Kier alpha value is -1.53. The minimum absolute atomic E-state index is 0.123. The van der Waals surface area contributed by atoms with Crippen LogP contribution >= 0.6 is 15.9 Å². The van der Waals surface area contributed by atoms with E-state index >= 15 is 0 Å². The number of nitrogens with zero attached hydrogens (tertiary/aromatic N) is 1. The lowest BCUT2D eigenvalue weighted by atomic mass is 9.90. The number of benzene rings is 1. The highest BCUT2D eigenvalue weighted by Crippen LogP contribution is 2.33. The van der Waals surface area contributed by atoms with E-state index in [9.17, 15) is 0 Å². The second-order valence-electron chi connectivity index (χ2n) is 5.35. The van der Waals surface area contributed by atoms with Crippen LogP contribution in [-0.2, 0) is 4.74 Å². The van der Waals surface area contributed by atoms with Crippen LogP contribution in [0.25, 0.3) is 11.3 Å². The van der Waals surface area contributed by atoms with Gasteiger partial charge in [0.2, 0.25) is 0 Å². The highest BCUT2D eigenvalue weighted by atomic mass is 79.9.